The molecule has 0 N–H and O–H groups in total. The van der Waals surface area contributed by atoms with E-state index < -0.39 is 0 Å². The first-order chi connectivity index (χ1) is 8.62. The largest absolute Gasteiger partial charge is 0.466 e. The van der Waals surface area contributed by atoms with Crippen LogP contribution in [0.15, 0.2) is 0 Å². The maximum absolute atomic E-state index is 10.6. The molecule has 4 heteroatoms. The Bertz CT molecular complexity index is 202. The minimum atomic E-state index is -0.0940. The molecule has 0 heterocycles. The summed E-state index contributed by atoms with van der Waals surface area (Å²) in [6, 6.07) is 0. The summed E-state index contributed by atoms with van der Waals surface area (Å²) in [6.45, 7) is 8.97. The van der Waals surface area contributed by atoms with Gasteiger partial charge in [-0.15, -0.1) is 0 Å². The second-order valence-corrected chi connectivity index (χ2v) is 3.90. The molecule has 0 aliphatic heterocycles. The van der Waals surface area contributed by atoms with Crippen LogP contribution in [0.1, 0.15) is 66.2 Å². The average Bonchev–Trinajstić information content (AvgIpc) is 2.37. The Morgan fingerprint density at radius 3 is 1.83 bits per heavy atom. The highest BCUT2D eigenvalue weighted by Crippen LogP contribution is 1.91. The summed E-state index contributed by atoms with van der Waals surface area (Å²) in [7, 11) is 0. The summed E-state index contributed by atoms with van der Waals surface area (Å²) in [5.74, 6) is -0.164. The Morgan fingerprint density at radius 1 is 0.778 bits per heavy atom. The van der Waals surface area contributed by atoms with Gasteiger partial charge in [-0.25, -0.2) is 0 Å². The lowest BCUT2D eigenvalue weighted by molar-refractivity contribution is -0.144. The molecule has 0 spiro atoms. The average molecular weight is 260 g/mol. The summed E-state index contributed by atoms with van der Waals surface area (Å²) in [5, 5.41) is 0. The molecular formula is C14H28O4. The normalized spacial score (nSPS) is 9.11. The molecule has 0 aromatic rings. The maximum Gasteiger partial charge on any atom is 0.305 e. The van der Waals surface area contributed by atoms with Gasteiger partial charge in [-0.05, 0) is 19.3 Å². The molecular weight excluding hydrogens is 232 g/mol. The van der Waals surface area contributed by atoms with E-state index in [0.29, 0.717) is 26.1 Å². The van der Waals surface area contributed by atoms with Crippen molar-refractivity contribution in [2.75, 3.05) is 13.2 Å². The minimum Gasteiger partial charge on any atom is -0.466 e. The van der Waals surface area contributed by atoms with E-state index >= 15 is 0 Å². The maximum atomic E-state index is 10.6. The highest BCUT2D eigenvalue weighted by molar-refractivity contribution is 5.69. The van der Waals surface area contributed by atoms with Gasteiger partial charge in [-0.3, -0.25) is 9.59 Å². The van der Waals surface area contributed by atoms with Crippen LogP contribution >= 0.6 is 0 Å². The molecule has 0 fully saturated rings. The number of esters is 2. The van der Waals surface area contributed by atoms with E-state index in [1.165, 1.54) is 0 Å². The third-order valence-electron chi connectivity index (χ3n) is 1.97. The molecule has 0 bridgehead atoms. The molecule has 0 radical (unpaired) electrons. The molecule has 0 atom stereocenters. The number of hydrogen-bond donors (Lipinski definition) is 0. The molecule has 0 aromatic heterocycles. The van der Waals surface area contributed by atoms with Crippen molar-refractivity contribution in [3.05, 3.63) is 0 Å². The highest BCUT2D eigenvalue weighted by Gasteiger charge is 1.97. The zero-order chi connectivity index (χ0) is 14.2. The van der Waals surface area contributed by atoms with Gasteiger partial charge < -0.3 is 9.47 Å². The lowest BCUT2D eigenvalue weighted by atomic mass is 10.3. The van der Waals surface area contributed by atoms with Gasteiger partial charge in [0, 0.05) is 12.8 Å². The number of carbonyl (C=O) groups excluding carboxylic acids is 2. The molecule has 0 saturated carbocycles. The van der Waals surface area contributed by atoms with Crippen LogP contribution in [-0.4, -0.2) is 25.2 Å². The fourth-order valence-corrected chi connectivity index (χ4v) is 0.925. The van der Waals surface area contributed by atoms with Crippen molar-refractivity contribution >= 4 is 11.9 Å². The fourth-order valence-electron chi connectivity index (χ4n) is 0.925. The fraction of sp³-hybridized carbons (Fsp3) is 0.857. The van der Waals surface area contributed by atoms with E-state index in [1.807, 2.05) is 13.8 Å². The second-order valence-electron chi connectivity index (χ2n) is 3.90. The predicted octanol–water partition coefficient (Wildman–Crippen LogP) is 3.48. The second kappa shape index (κ2) is 15.9. The SMILES string of the molecule is CCCCOC(=O)CC.CCCOC(=O)CCC. The number of carbonyl (C=O) groups is 2. The van der Waals surface area contributed by atoms with Gasteiger partial charge in [-0.1, -0.05) is 34.1 Å². The molecule has 108 valence electrons. The number of unbranched alkanes of at least 4 members (excludes halogenated alkanes) is 1. The van der Waals surface area contributed by atoms with Gasteiger partial charge in [0.05, 0.1) is 13.2 Å². The van der Waals surface area contributed by atoms with Gasteiger partial charge in [0.25, 0.3) is 0 Å². The molecule has 0 aliphatic rings. The van der Waals surface area contributed by atoms with E-state index in [0.717, 1.165) is 25.7 Å². The van der Waals surface area contributed by atoms with Crippen LogP contribution in [-0.2, 0) is 19.1 Å². The molecule has 18 heavy (non-hydrogen) atoms. The number of rotatable bonds is 8. The smallest absolute Gasteiger partial charge is 0.305 e. The van der Waals surface area contributed by atoms with Crippen LogP contribution in [0.5, 0.6) is 0 Å². The third-order valence-corrected chi connectivity index (χ3v) is 1.97. The Hall–Kier alpha value is -1.06. The Morgan fingerprint density at radius 2 is 1.39 bits per heavy atom. The standard InChI is InChI=1S/2C7H14O2/c1-3-5-6-9-7(8)4-2;1-3-5-7(8)9-6-4-2/h2*3-6H2,1-2H3. The Kier molecular flexibility index (Phi) is 17.1. The Labute approximate surface area is 111 Å². The molecule has 0 aromatic carbocycles. The van der Waals surface area contributed by atoms with Crippen LogP contribution < -0.4 is 0 Å². The van der Waals surface area contributed by atoms with Gasteiger partial charge in [0.1, 0.15) is 0 Å². The summed E-state index contributed by atoms with van der Waals surface area (Å²) < 4.78 is 9.59. The summed E-state index contributed by atoms with van der Waals surface area (Å²) in [5.41, 5.74) is 0. The number of ether oxygens (including phenoxy) is 2. The number of hydrogen-bond acceptors (Lipinski definition) is 4. The van der Waals surface area contributed by atoms with Crippen molar-refractivity contribution in [1.29, 1.82) is 0 Å². The highest BCUT2D eigenvalue weighted by atomic mass is 16.5. The molecule has 0 rings (SSSR count). The quantitative estimate of drug-likeness (QED) is 0.495. The van der Waals surface area contributed by atoms with Gasteiger partial charge in [-0.2, -0.15) is 0 Å². The lowest BCUT2D eigenvalue weighted by Gasteiger charge is -1.99. The Balaban J connectivity index is 0. The summed E-state index contributed by atoms with van der Waals surface area (Å²) in [6.07, 6.45) is 4.89. The van der Waals surface area contributed by atoms with Crippen molar-refractivity contribution in [1.82, 2.24) is 0 Å². The minimum absolute atomic E-state index is 0.0700. The zero-order valence-electron chi connectivity index (χ0n) is 12.3. The van der Waals surface area contributed by atoms with Crippen molar-refractivity contribution in [3.63, 3.8) is 0 Å². The van der Waals surface area contributed by atoms with Gasteiger partial charge >= 0.3 is 11.9 Å². The first-order valence-corrected chi connectivity index (χ1v) is 6.93. The molecule has 0 saturated heterocycles. The van der Waals surface area contributed by atoms with E-state index in [1.54, 1.807) is 6.92 Å². The van der Waals surface area contributed by atoms with E-state index in [9.17, 15) is 9.59 Å². The van der Waals surface area contributed by atoms with Crippen LogP contribution in [0.3, 0.4) is 0 Å². The van der Waals surface area contributed by atoms with E-state index in [-0.39, 0.29) is 11.9 Å². The van der Waals surface area contributed by atoms with Crippen LogP contribution in [0.4, 0.5) is 0 Å². The predicted molar refractivity (Wildman–Crippen MR) is 72.3 cm³/mol. The van der Waals surface area contributed by atoms with Crippen molar-refractivity contribution in [3.8, 4) is 0 Å². The monoisotopic (exact) mass is 260 g/mol. The van der Waals surface area contributed by atoms with Crippen LogP contribution in [0.2, 0.25) is 0 Å². The third kappa shape index (κ3) is 17.3. The molecule has 0 aliphatic carbocycles. The van der Waals surface area contributed by atoms with Crippen molar-refractivity contribution < 1.29 is 19.1 Å². The van der Waals surface area contributed by atoms with E-state index in [4.69, 9.17) is 9.47 Å². The van der Waals surface area contributed by atoms with Gasteiger partial charge in [0.15, 0.2) is 0 Å². The lowest BCUT2D eigenvalue weighted by Crippen LogP contribution is -2.03. The molecule has 0 unspecified atom stereocenters. The molecule has 0 amide bonds. The summed E-state index contributed by atoms with van der Waals surface area (Å²) >= 11 is 0. The molecule has 4 nitrogen and oxygen atoms in total. The van der Waals surface area contributed by atoms with Crippen molar-refractivity contribution in [2.24, 2.45) is 0 Å². The van der Waals surface area contributed by atoms with Crippen molar-refractivity contribution in [2.45, 2.75) is 66.2 Å². The van der Waals surface area contributed by atoms with E-state index in [2.05, 4.69) is 6.92 Å². The zero-order valence-corrected chi connectivity index (χ0v) is 12.3. The topological polar surface area (TPSA) is 52.6 Å². The van der Waals surface area contributed by atoms with Crippen LogP contribution in [0.25, 0.3) is 0 Å². The van der Waals surface area contributed by atoms with Gasteiger partial charge in [0.2, 0.25) is 0 Å². The first-order valence-electron chi connectivity index (χ1n) is 6.93. The first kappa shape index (κ1) is 19.3. The van der Waals surface area contributed by atoms with Crippen LogP contribution in [0, 0.1) is 0 Å². The summed E-state index contributed by atoms with van der Waals surface area (Å²) in [4.78, 5) is 21.0.